The Morgan fingerprint density at radius 1 is 1.56 bits per heavy atom. The monoisotopic (exact) mass is 230 g/mol. The van der Waals surface area contributed by atoms with Gasteiger partial charge in [-0.1, -0.05) is 0 Å². The van der Waals surface area contributed by atoms with E-state index >= 15 is 0 Å². The molecule has 0 saturated carbocycles. The molecule has 0 aromatic heterocycles. The summed E-state index contributed by atoms with van der Waals surface area (Å²) in [6, 6.07) is -1.27. The van der Waals surface area contributed by atoms with Gasteiger partial charge in [0.25, 0.3) is 0 Å². The zero-order chi connectivity index (χ0) is 12.1. The minimum Gasteiger partial charge on any atom is -0.467 e. The quantitative estimate of drug-likeness (QED) is 0.527. The van der Waals surface area contributed by atoms with E-state index < -0.39 is 18.1 Å². The molecule has 1 saturated heterocycles. The van der Waals surface area contributed by atoms with E-state index in [0.717, 1.165) is 19.4 Å². The molecule has 0 spiro atoms. The number of rotatable bonds is 4. The molecular weight excluding hydrogens is 212 g/mol. The van der Waals surface area contributed by atoms with Crippen LogP contribution in [0.15, 0.2) is 0 Å². The van der Waals surface area contributed by atoms with Gasteiger partial charge in [-0.25, -0.2) is 4.79 Å². The lowest BCUT2D eigenvalue weighted by molar-refractivity contribution is -0.148. The highest BCUT2D eigenvalue weighted by molar-refractivity contribution is 5.88. The van der Waals surface area contributed by atoms with E-state index in [9.17, 15) is 14.7 Å². The first-order valence-electron chi connectivity index (χ1n) is 5.36. The molecule has 1 rings (SSSR count). The number of hydrogen-bond acceptors (Lipinski definition) is 5. The van der Waals surface area contributed by atoms with E-state index in [2.05, 4.69) is 15.4 Å². The molecule has 6 heteroatoms. The predicted molar refractivity (Wildman–Crippen MR) is 56.7 cm³/mol. The number of hydrogen-bond donors (Lipinski definition) is 3. The molecule has 0 radical (unpaired) electrons. The Kier molecular flexibility index (Phi) is 4.70. The number of ether oxygens (including phenoxy) is 1. The fourth-order valence-corrected chi connectivity index (χ4v) is 1.67. The summed E-state index contributed by atoms with van der Waals surface area (Å²) in [5, 5.41) is 14.9. The van der Waals surface area contributed by atoms with Gasteiger partial charge in [-0.3, -0.25) is 4.79 Å². The Bertz CT molecular complexity index is 262. The van der Waals surface area contributed by atoms with E-state index in [1.54, 1.807) is 0 Å². The Morgan fingerprint density at radius 2 is 2.25 bits per heavy atom. The molecule has 0 aliphatic carbocycles. The highest BCUT2D eigenvalue weighted by Gasteiger charge is 2.30. The maximum atomic E-state index is 11.7. The molecule has 92 valence electrons. The van der Waals surface area contributed by atoms with Crippen LogP contribution in [-0.4, -0.2) is 48.8 Å². The maximum absolute atomic E-state index is 11.7. The van der Waals surface area contributed by atoms with Crippen LogP contribution in [0.1, 0.15) is 19.8 Å². The topological polar surface area (TPSA) is 87.7 Å². The number of carbonyl (C=O) groups is 2. The minimum atomic E-state index is -1.00. The number of aliphatic hydroxyl groups is 1. The van der Waals surface area contributed by atoms with Crippen LogP contribution in [0.5, 0.6) is 0 Å². The molecule has 3 N–H and O–H groups in total. The molecule has 1 fully saturated rings. The SMILES string of the molecule is COC(=O)[C@@H](NC(=O)[C@@H]1CCCN1)[C@@H](C)O. The summed E-state index contributed by atoms with van der Waals surface area (Å²) in [5.74, 6) is -0.907. The molecule has 1 amide bonds. The number of amides is 1. The second kappa shape index (κ2) is 5.81. The smallest absolute Gasteiger partial charge is 0.331 e. The highest BCUT2D eigenvalue weighted by Crippen LogP contribution is 2.06. The van der Waals surface area contributed by atoms with E-state index in [0.29, 0.717) is 0 Å². The van der Waals surface area contributed by atoms with Crippen LogP contribution in [0.2, 0.25) is 0 Å². The summed E-state index contributed by atoms with van der Waals surface area (Å²) in [7, 11) is 1.22. The molecule has 16 heavy (non-hydrogen) atoms. The van der Waals surface area contributed by atoms with Gasteiger partial charge in [0.1, 0.15) is 0 Å². The van der Waals surface area contributed by atoms with E-state index in [4.69, 9.17) is 0 Å². The summed E-state index contributed by atoms with van der Waals surface area (Å²) in [5.41, 5.74) is 0. The van der Waals surface area contributed by atoms with Crippen LogP contribution < -0.4 is 10.6 Å². The molecule has 1 heterocycles. The van der Waals surface area contributed by atoms with Crippen molar-refractivity contribution in [2.45, 2.75) is 38.0 Å². The number of aliphatic hydroxyl groups excluding tert-OH is 1. The van der Waals surface area contributed by atoms with E-state index in [-0.39, 0.29) is 11.9 Å². The van der Waals surface area contributed by atoms with Gasteiger partial charge in [-0.15, -0.1) is 0 Å². The van der Waals surface area contributed by atoms with Crippen LogP contribution >= 0.6 is 0 Å². The number of nitrogens with one attached hydrogen (secondary N) is 2. The fraction of sp³-hybridized carbons (Fsp3) is 0.800. The minimum absolute atomic E-state index is 0.270. The lowest BCUT2D eigenvalue weighted by atomic mass is 10.1. The normalized spacial score (nSPS) is 23.6. The third kappa shape index (κ3) is 3.18. The largest absolute Gasteiger partial charge is 0.467 e. The third-order valence-electron chi connectivity index (χ3n) is 2.61. The van der Waals surface area contributed by atoms with Crippen LogP contribution in [0.4, 0.5) is 0 Å². The standard InChI is InChI=1S/C10H18N2O4/c1-6(13)8(10(15)16-2)12-9(14)7-4-3-5-11-7/h6-8,11,13H,3-5H2,1-2H3,(H,12,14)/t6-,7+,8+/m1/s1. The zero-order valence-electron chi connectivity index (χ0n) is 9.53. The molecular formula is C10H18N2O4. The Morgan fingerprint density at radius 3 is 2.69 bits per heavy atom. The van der Waals surface area contributed by atoms with Gasteiger partial charge in [0.15, 0.2) is 6.04 Å². The predicted octanol–water partition coefficient (Wildman–Crippen LogP) is -1.22. The highest BCUT2D eigenvalue weighted by atomic mass is 16.5. The summed E-state index contributed by atoms with van der Waals surface area (Å²) < 4.78 is 4.50. The average Bonchev–Trinajstić information content (AvgIpc) is 2.77. The van der Waals surface area contributed by atoms with Crippen molar-refractivity contribution in [1.29, 1.82) is 0 Å². The molecule has 0 aromatic rings. The molecule has 1 aliphatic rings. The number of carbonyl (C=O) groups excluding carboxylic acids is 2. The van der Waals surface area contributed by atoms with Crippen molar-refractivity contribution in [3.05, 3.63) is 0 Å². The second-order valence-corrected chi connectivity index (χ2v) is 3.90. The summed E-state index contributed by atoms with van der Waals surface area (Å²) >= 11 is 0. The van der Waals surface area contributed by atoms with Gasteiger partial charge >= 0.3 is 5.97 Å². The fourth-order valence-electron chi connectivity index (χ4n) is 1.67. The van der Waals surface area contributed by atoms with Gasteiger partial charge in [0.05, 0.1) is 19.3 Å². The van der Waals surface area contributed by atoms with Crippen molar-refractivity contribution in [2.75, 3.05) is 13.7 Å². The summed E-state index contributed by atoms with van der Waals surface area (Å²) in [4.78, 5) is 23.0. The average molecular weight is 230 g/mol. The maximum Gasteiger partial charge on any atom is 0.331 e. The zero-order valence-corrected chi connectivity index (χ0v) is 9.53. The molecule has 0 aromatic carbocycles. The van der Waals surface area contributed by atoms with Gasteiger partial charge < -0.3 is 20.5 Å². The lowest BCUT2D eigenvalue weighted by Crippen LogP contribution is -2.52. The number of esters is 1. The van der Waals surface area contributed by atoms with Crippen molar-refractivity contribution < 1.29 is 19.4 Å². The third-order valence-corrected chi connectivity index (χ3v) is 2.61. The second-order valence-electron chi connectivity index (χ2n) is 3.90. The van der Waals surface area contributed by atoms with E-state index in [1.165, 1.54) is 14.0 Å². The molecule has 6 nitrogen and oxygen atoms in total. The van der Waals surface area contributed by atoms with Gasteiger partial charge in [0, 0.05) is 0 Å². The van der Waals surface area contributed by atoms with Crippen molar-refractivity contribution >= 4 is 11.9 Å². The van der Waals surface area contributed by atoms with Crippen LogP contribution in [0.3, 0.4) is 0 Å². The summed E-state index contributed by atoms with van der Waals surface area (Å²) in [6.45, 7) is 2.24. The van der Waals surface area contributed by atoms with Gasteiger partial charge in [-0.2, -0.15) is 0 Å². The molecule has 0 bridgehead atoms. The van der Waals surface area contributed by atoms with Crippen LogP contribution in [0.25, 0.3) is 0 Å². The van der Waals surface area contributed by atoms with E-state index in [1.807, 2.05) is 0 Å². The van der Waals surface area contributed by atoms with Crippen molar-refractivity contribution in [1.82, 2.24) is 10.6 Å². The Labute approximate surface area is 94.3 Å². The lowest BCUT2D eigenvalue weighted by Gasteiger charge is -2.20. The molecule has 3 atom stereocenters. The first-order valence-corrected chi connectivity index (χ1v) is 5.36. The van der Waals surface area contributed by atoms with Crippen molar-refractivity contribution in [2.24, 2.45) is 0 Å². The number of methoxy groups -OCH3 is 1. The Hall–Kier alpha value is -1.14. The van der Waals surface area contributed by atoms with Gasteiger partial charge in [-0.05, 0) is 26.3 Å². The first kappa shape index (κ1) is 12.9. The Balaban J connectivity index is 2.53. The van der Waals surface area contributed by atoms with Crippen molar-refractivity contribution in [3.63, 3.8) is 0 Å². The molecule has 0 unspecified atom stereocenters. The van der Waals surface area contributed by atoms with Crippen LogP contribution in [-0.2, 0) is 14.3 Å². The van der Waals surface area contributed by atoms with Crippen LogP contribution in [0, 0.1) is 0 Å². The first-order chi connectivity index (χ1) is 7.56. The van der Waals surface area contributed by atoms with Crippen molar-refractivity contribution in [3.8, 4) is 0 Å². The molecule has 1 aliphatic heterocycles. The van der Waals surface area contributed by atoms with Gasteiger partial charge in [0.2, 0.25) is 5.91 Å². The summed E-state index contributed by atoms with van der Waals surface area (Å²) in [6.07, 6.45) is 0.715.